The van der Waals surface area contributed by atoms with Gasteiger partial charge >= 0.3 is 0 Å². The molecule has 2 rings (SSSR count). The number of aromatic amines is 1. The number of hydrogen-bond acceptors (Lipinski definition) is 2. The Labute approximate surface area is 81.5 Å². The second-order valence-electron chi connectivity index (χ2n) is 3.25. The zero-order chi connectivity index (χ0) is 9.97. The number of nitrogens with two attached hydrogens (primary N) is 1. The van der Waals surface area contributed by atoms with E-state index in [0.29, 0.717) is 0 Å². The van der Waals surface area contributed by atoms with Crippen molar-refractivity contribution < 1.29 is 4.79 Å². The van der Waals surface area contributed by atoms with E-state index in [-0.39, 0.29) is 5.92 Å². The van der Waals surface area contributed by atoms with E-state index >= 15 is 0 Å². The monoisotopic (exact) mass is 189 g/mol. The number of H-pyrrole nitrogens is 1. The smallest absolute Gasteiger partial charge is 0.241 e. The molecule has 72 valence electrons. The van der Waals surface area contributed by atoms with E-state index in [0.717, 1.165) is 17.8 Å². The lowest BCUT2D eigenvalue weighted by atomic mass is 9.96. The average Bonchev–Trinajstić information content (AvgIpc) is 2.61. The van der Waals surface area contributed by atoms with Crippen molar-refractivity contribution in [3.63, 3.8) is 0 Å². The van der Waals surface area contributed by atoms with Crippen LogP contribution < -0.4 is 5.73 Å². The molecule has 1 atom stereocenters. The zero-order valence-corrected chi connectivity index (χ0v) is 7.60. The van der Waals surface area contributed by atoms with E-state index in [1.165, 1.54) is 6.08 Å². The molecule has 0 saturated carbocycles. The number of carbonyl (C=O) groups is 1. The molecule has 0 fully saturated rings. The minimum atomic E-state index is -0.411. The molecule has 0 spiro atoms. The Hall–Kier alpha value is -1.84. The molecule has 0 saturated heterocycles. The highest BCUT2D eigenvalue weighted by Crippen LogP contribution is 2.20. The van der Waals surface area contributed by atoms with Gasteiger partial charge in [0, 0.05) is 12.3 Å². The largest absolute Gasteiger partial charge is 0.366 e. The summed E-state index contributed by atoms with van der Waals surface area (Å²) in [5, 5.41) is 0. The molecule has 0 bridgehead atoms. The van der Waals surface area contributed by atoms with Gasteiger partial charge in [-0.1, -0.05) is 12.2 Å². The van der Waals surface area contributed by atoms with E-state index in [4.69, 9.17) is 5.73 Å². The summed E-state index contributed by atoms with van der Waals surface area (Å²) in [7, 11) is 0. The van der Waals surface area contributed by atoms with Crippen LogP contribution in [0.2, 0.25) is 0 Å². The van der Waals surface area contributed by atoms with E-state index in [9.17, 15) is 4.79 Å². The van der Waals surface area contributed by atoms with Gasteiger partial charge in [0.05, 0.1) is 17.7 Å². The van der Waals surface area contributed by atoms with Crippen LogP contribution in [-0.2, 0) is 11.2 Å². The van der Waals surface area contributed by atoms with Crippen LogP contribution in [0.15, 0.2) is 24.6 Å². The number of nitrogens with zero attached hydrogens (tertiary/aromatic N) is 1. The van der Waals surface area contributed by atoms with Crippen LogP contribution in [0, 0.1) is 5.92 Å². The van der Waals surface area contributed by atoms with E-state index < -0.39 is 5.91 Å². The first kappa shape index (κ1) is 8.74. The minimum Gasteiger partial charge on any atom is -0.366 e. The van der Waals surface area contributed by atoms with Crippen LogP contribution in [0.25, 0.3) is 6.08 Å². The van der Waals surface area contributed by atoms with Crippen molar-refractivity contribution in [3.05, 3.63) is 35.9 Å². The molecule has 3 N–H and O–H groups in total. The first-order valence-corrected chi connectivity index (χ1v) is 4.44. The van der Waals surface area contributed by atoms with Crippen LogP contribution in [0.4, 0.5) is 0 Å². The van der Waals surface area contributed by atoms with Gasteiger partial charge in [0.25, 0.3) is 0 Å². The lowest BCUT2D eigenvalue weighted by Gasteiger charge is -2.10. The summed E-state index contributed by atoms with van der Waals surface area (Å²) in [6, 6.07) is 0. The summed E-state index contributed by atoms with van der Waals surface area (Å²) < 4.78 is 0. The molecular formula is C10H11N3O. The van der Waals surface area contributed by atoms with Crippen molar-refractivity contribution in [2.45, 2.75) is 6.42 Å². The molecule has 0 aromatic carbocycles. The van der Waals surface area contributed by atoms with Crippen molar-refractivity contribution in [3.8, 4) is 0 Å². The summed E-state index contributed by atoms with van der Waals surface area (Å²) in [6.45, 7) is 0. The fourth-order valence-electron chi connectivity index (χ4n) is 1.50. The van der Waals surface area contributed by atoms with Crippen LogP contribution >= 0.6 is 0 Å². The fraction of sp³-hybridized carbons (Fsp3) is 0.200. The zero-order valence-electron chi connectivity index (χ0n) is 7.60. The van der Waals surface area contributed by atoms with Crippen molar-refractivity contribution in [1.82, 2.24) is 9.97 Å². The Kier molecular flexibility index (Phi) is 2.18. The van der Waals surface area contributed by atoms with Crippen molar-refractivity contribution in [2.75, 3.05) is 0 Å². The summed E-state index contributed by atoms with van der Waals surface area (Å²) in [4.78, 5) is 17.7. The highest BCUT2D eigenvalue weighted by Gasteiger charge is 2.13. The summed E-state index contributed by atoms with van der Waals surface area (Å²) in [5.74, 6) is -0.190. The van der Waals surface area contributed by atoms with Gasteiger partial charge in [-0.2, -0.15) is 0 Å². The first-order chi connectivity index (χ1) is 6.75. The molecule has 1 aliphatic rings. The number of aromatic nitrogens is 2. The molecule has 1 aliphatic carbocycles. The average molecular weight is 189 g/mol. The molecule has 0 aliphatic heterocycles. The van der Waals surface area contributed by atoms with Gasteiger partial charge in [-0.05, 0) is 12.2 Å². The number of imidazole rings is 1. The predicted molar refractivity (Wildman–Crippen MR) is 53.2 cm³/mol. The molecular weight excluding hydrogens is 178 g/mol. The maximum absolute atomic E-state index is 10.5. The second kappa shape index (κ2) is 3.49. The van der Waals surface area contributed by atoms with Crippen LogP contribution in [0.3, 0.4) is 0 Å². The predicted octanol–water partition coefficient (Wildman–Crippen LogP) is 0.637. The molecule has 1 aromatic rings. The molecule has 1 heterocycles. The Balaban J connectivity index is 2.11. The first-order valence-electron chi connectivity index (χ1n) is 4.44. The molecule has 4 nitrogen and oxygen atoms in total. The molecule has 1 unspecified atom stereocenters. The van der Waals surface area contributed by atoms with E-state index in [1.54, 1.807) is 12.4 Å². The lowest BCUT2D eigenvalue weighted by Crippen LogP contribution is -2.09. The van der Waals surface area contributed by atoms with Crippen molar-refractivity contribution >= 4 is 12.0 Å². The quantitative estimate of drug-likeness (QED) is 0.670. The number of rotatable bonds is 2. The number of amides is 1. The van der Waals surface area contributed by atoms with E-state index in [1.807, 2.05) is 12.2 Å². The molecule has 4 heteroatoms. The summed E-state index contributed by atoms with van der Waals surface area (Å²) in [6.07, 6.45) is 9.69. The SMILES string of the molecule is NC(=O)/C=C/C1C=Cc2[nH]cnc2C1. The Bertz CT molecular complexity index is 403. The van der Waals surface area contributed by atoms with Crippen LogP contribution in [0.5, 0.6) is 0 Å². The van der Waals surface area contributed by atoms with Crippen molar-refractivity contribution in [1.29, 1.82) is 0 Å². The third kappa shape index (κ3) is 1.74. The highest BCUT2D eigenvalue weighted by atomic mass is 16.1. The number of allylic oxidation sites excluding steroid dienone is 2. The number of carbonyl (C=O) groups excluding carboxylic acids is 1. The van der Waals surface area contributed by atoms with Crippen LogP contribution in [-0.4, -0.2) is 15.9 Å². The number of hydrogen-bond donors (Lipinski definition) is 2. The fourth-order valence-corrected chi connectivity index (χ4v) is 1.50. The van der Waals surface area contributed by atoms with Gasteiger partial charge in [0.2, 0.25) is 5.91 Å². The second-order valence-corrected chi connectivity index (χ2v) is 3.25. The molecule has 0 radical (unpaired) electrons. The summed E-state index contributed by atoms with van der Waals surface area (Å²) >= 11 is 0. The topological polar surface area (TPSA) is 71.8 Å². The number of primary amides is 1. The van der Waals surface area contributed by atoms with E-state index in [2.05, 4.69) is 9.97 Å². The number of nitrogens with one attached hydrogen (secondary N) is 1. The Morgan fingerprint density at radius 2 is 2.57 bits per heavy atom. The molecule has 1 amide bonds. The van der Waals surface area contributed by atoms with Gasteiger partial charge in [-0.3, -0.25) is 4.79 Å². The molecule has 14 heavy (non-hydrogen) atoms. The Morgan fingerprint density at radius 3 is 3.36 bits per heavy atom. The minimum absolute atomic E-state index is 0.221. The third-order valence-electron chi connectivity index (χ3n) is 2.20. The summed E-state index contributed by atoms with van der Waals surface area (Å²) in [5.41, 5.74) is 7.10. The van der Waals surface area contributed by atoms with Gasteiger partial charge in [-0.25, -0.2) is 4.98 Å². The Morgan fingerprint density at radius 1 is 1.71 bits per heavy atom. The highest BCUT2D eigenvalue weighted by molar-refractivity contribution is 5.85. The third-order valence-corrected chi connectivity index (χ3v) is 2.20. The van der Waals surface area contributed by atoms with Gasteiger partial charge in [0.1, 0.15) is 0 Å². The van der Waals surface area contributed by atoms with Gasteiger partial charge in [-0.15, -0.1) is 0 Å². The van der Waals surface area contributed by atoms with Crippen LogP contribution in [0.1, 0.15) is 11.4 Å². The molecule has 1 aromatic heterocycles. The lowest BCUT2D eigenvalue weighted by molar-refractivity contribution is -0.113. The number of fused-ring (bicyclic) bond motifs is 1. The van der Waals surface area contributed by atoms with Crippen molar-refractivity contribution in [2.24, 2.45) is 11.7 Å². The normalized spacial score (nSPS) is 19.9. The maximum Gasteiger partial charge on any atom is 0.241 e. The standard InChI is InChI=1S/C10H11N3O/c11-10(14)4-2-7-1-3-8-9(5-7)13-6-12-8/h1-4,6-7H,5H2,(H2,11,14)(H,12,13)/b4-2+. The van der Waals surface area contributed by atoms with Gasteiger partial charge in [0.15, 0.2) is 0 Å². The van der Waals surface area contributed by atoms with Gasteiger partial charge < -0.3 is 10.7 Å². The maximum atomic E-state index is 10.5.